The zero-order chi connectivity index (χ0) is 19.5. The quantitative estimate of drug-likeness (QED) is 0.184. The molecule has 1 unspecified atom stereocenters. The van der Waals surface area contributed by atoms with Crippen LogP contribution in [0.4, 0.5) is 0 Å². The molecule has 0 aliphatic heterocycles. The van der Waals surface area contributed by atoms with Gasteiger partial charge in [0.2, 0.25) is 0 Å². The molecular weight excluding hydrogens is 320 g/mol. The average molecular weight is 367 g/mol. The molecule has 1 N–H and O–H groups in total. The Morgan fingerprint density at radius 3 is 1.54 bits per heavy atom. The number of unbranched alkanes of at least 4 members (excludes halogenated alkanes) is 14. The molecule has 0 aromatic heterocycles. The summed E-state index contributed by atoms with van der Waals surface area (Å²) in [6.07, 6.45) is 25.1. The lowest BCUT2D eigenvalue weighted by Gasteiger charge is -2.09. The molecule has 0 saturated heterocycles. The SMILES string of the molecule is CCCCCCCCCCCCCCCCCC(C)CC=C(C)C(=O)O. The maximum Gasteiger partial charge on any atom is 0.330 e. The number of carbonyl (C=O) groups is 1. The van der Waals surface area contributed by atoms with Crippen molar-refractivity contribution in [1.29, 1.82) is 0 Å². The molecule has 0 fully saturated rings. The second kappa shape index (κ2) is 19.0. The summed E-state index contributed by atoms with van der Waals surface area (Å²) in [4.78, 5) is 10.8. The van der Waals surface area contributed by atoms with Crippen molar-refractivity contribution in [3.63, 3.8) is 0 Å². The van der Waals surface area contributed by atoms with Crippen molar-refractivity contribution in [2.75, 3.05) is 0 Å². The average Bonchev–Trinajstić information content (AvgIpc) is 2.62. The van der Waals surface area contributed by atoms with Gasteiger partial charge in [0.05, 0.1) is 0 Å². The summed E-state index contributed by atoms with van der Waals surface area (Å²) < 4.78 is 0. The molecule has 0 spiro atoms. The molecule has 26 heavy (non-hydrogen) atoms. The van der Waals surface area contributed by atoms with Crippen LogP contribution in [0.3, 0.4) is 0 Å². The van der Waals surface area contributed by atoms with Crippen molar-refractivity contribution in [2.24, 2.45) is 5.92 Å². The maximum absolute atomic E-state index is 10.8. The molecule has 0 aliphatic carbocycles. The Kier molecular flexibility index (Phi) is 18.4. The van der Waals surface area contributed by atoms with Crippen molar-refractivity contribution >= 4 is 5.97 Å². The molecule has 0 aromatic rings. The highest BCUT2D eigenvalue weighted by Crippen LogP contribution is 2.17. The van der Waals surface area contributed by atoms with E-state index in [4.69, 9.17) is 5.11 Å². The van der Waals surface area contributed by atoms with Crippen LogP contribution in [0.25, 0.3) is 0 Å². The summed E-state index contributed by atoms with van der Waals surface area (Å²) in [6.45, 7) is 6.20. The highest BCUT2D eigenvalue weighted by atomic mass is 16.4. The molecule has 0 saturated carbocycles. The van der Waals surface area contributed by atoms with E-state index in [1.165, 1.54) is 103 Å². The molecule has 0 aromatic carbocycles. The molecular formula is C24H46O2. The summed E-state index contributed by atoms with van der Waals surface area (Å²) in [7, 11) is 0. The third-order valence-corrected chi connectivity index (χ3v) is 5.46. The Morgan fingerprint density at radius 2 is 1.15 bits per heavy atom. The smallest absolute Gasteiger partial charge is 0.330 e. The van der Waals surface area contributed by atoms with Gasteiger partial charge < -0.3 is 5.11 Å². The van der Waals surface area contributed by atoms with Gasteiger partial charge in [-0.1, -0.05) is 123 Å². The van der Waals surface area contributed by atoms with E-state index in [0.29, 0.717) is 11.5 Å². The lowest BCUT2D eigenvalue weighted by molar-refractivity contribution is -0.132. The van der Waals surface area contributed by atoms with Crippen LogP contribution in [0.2, 0.25) is 0 Å². The van der Waals surface area contributed by atoms with E-state index < -0.39 is 5.97 Å². The summed E-state index contributed by atoms with van der Waals surface area (Å²) in [5.41, 5.74) is 0.480. The zero-order valence-corrected chi connectivity index (χ0v) is 18.0. The third kappa shape index (κ3) is 18.0. The van der Waals surface area contributed by atoms with E-state index in [2.05, 4.69) is 13.8 Å². The highest BCUT2D eigenvalue weighted by molar-refractivity contribution is 5.85. The molecule has 154 valence electrons. The minimum atomic E-state index is -0.788. The minimum absolute atomic E-state index is 0.480. The first-order chi connectivity index (χ1) is 12.6. The highest BCUT2D eigenvalue weighted by Gasteiger charge is 2.03. The topological polar surface area (TPSA) is 37.3 Å². The van der Waals surface area contributed by atoms with Crippen molar-refractivity contribution in [3.8, 4) is 0 Å². The number of aliphatic carboxylic acids is 1. The fourth-order valence-corrected chi connectivity index (χ4v) is 3.45. The number of hydrogen-bond acceptors (Lipinski definition) is 1. The van der Waals surface area contributed by atoms with Gasteiger partial charge in [0, 0.05) is 5.57 Å². The van der Waals surface area contributed by atoms with Crippen LogP contribution in [0, 0.1) is 5.92 Å². The summed E-state index contributed by atoms with van der Waals surface area (Å²) >= 11 is 0. The standard InChI is InChI=1S/C24H46O2/c1-4-5-6-7-8-9-10-11-12-13-14-15-16-17-18-19-22(2)20-21-23(3)24(25)26/h21-22H,4-20H2,1-3H3,(H,25,26). The monoisotopic (exact) mass is 366 g/mol. The van der Waals surface area contributed by atoms with Crippen LogP contribution in [0.1, 0.15) is 130 Å². The number of carboxylic acid groups (broad SMARTS) is 1. The Bertz CT molecular complexity index is 346. The van der Waals surface area contributed by atoms with Gasteiger partial charge in [0.1, 0.15) is 0 Å². The molecule has 0 bridgehead atoms. The van der Waals surface area contributed by atoms with E-state index in [9.17, 15) is 4.79 Å². The zero-order valence-electron chi connectivity index (χ0n) is 18.0. The van der Waals surface area contributed by atoms with Gasteiger partial charge in [-0.3, -0.25) is 0 Å². The fraction of sp³-hybridized carbons (Fsp3) is 0.875. The van der Waals surface area contributed by atoms with Gasteiger partial charge in [0.25, 0.3) is 0 Å². The maximum atomic E-state index is 10.8. The minimum Gasteiger partial charge on any atom is -0.478 e. The fourth-order valence-electron chi connectivity index (χ4n) is 3.45. The van der Waals surface area contributed by atoms with Crippen molar-refractivity contribution < 1.29 is 9.90 Å². The molecule has 2 nitrogen and oxygen atoms in total. The molecule has 1 atom stereocenters. The molecule has 0 amide bonds. The molecule has 2 heteroatoms. The second-order valence-corrected chi connectivity index (χ2v) is 8.27. The van der Waals surface area contributed by atoms with Crippen molar-refractivity contribution in [2.45, 2.75) is 130 Å². The molecule has 0 heterocycles. The van der Waals surface area contributed by atoms with Gasteiger partial charge in [0.15, 0.2) is 0 Å². The lowest BCUT2D eigenvalue weighted by Crippen LogP contribution is -1.98. The van der Waals surface area contributed by atoms with Crippen LogP contribution in [0.15, 0.2) is 11.6 Å². The predicted molar refractivity (Wildman–Crippen MR) is 115 cm³/mol. The van der Waals surface area contributed by atoms with Gasteiger partial charge >= 0.3 is 5.97 Å². The number of rotatable bonds is 19. The Morgan fingerprint density at radius 1 is 0.769 bits per heavy atom. The van der Waals surface area contributed by atoms with E-state index in [0.717, 1.165) is 6.42 Å². The van der Waals surface area contributed by atoms with Crippen LogP contribution in [0.5, 0.6) is 0 Å². The molecule has 0 rings (SSSR count). The Labute approximate surface area is 163 Å². The van der Waals surface area contributed by atoms with Crippen LogP contribution in [-0.2, 0) is 4.79 Å². The molecule has 0 aliphatic rings. The first-order valence-corrected chi connectivity index (χ1v) is 11.5. The second-order valence-electron chi connectivity index (χ2n) is 8.27. The Hall–Kier alpha value is -0.790. The Balaban J connectivity index is 3.24. The predicted octanol–water partition coefficient (Wildman–Crippen LogP) is 8.31. The van der Waals surface area contributed by atoms with Gasteiger partial charge in [-0.25, -0.2) is 4.79 Å². The number of hydrogen-bond donors (Lipinski definition) is 1. The van der Waals surface area contributed by atoms with E-state index >= 15 is 0 Å². The summed E-state index contributed by atoms with van der Waals surface area (Å²) in [5, 5.41) is 8.84. The number of allylic oxidation sites excluding steroid dienone is 1. The van der Waals surface area contributed by atoms with E-state index in [1.54, 1.807) is 6.92 Å². The van der Waals surface area contributed by atoms with Crippen LogP contribution < -0.4 is 0 Å². The van der Waals surface area contributed by atoms with Gasteiger partial charge in [-0.05, 0) is 19.3 Å². The van der Waals surface area contributed by atoms with E-state index in [-0.39, 0.29) is 0 Å². The van der Waals surface area contributed by atoms with Gasteiger partial charge in [-0.2, -0.15) is 0 Å². The summed E-state index contributed by atoms with van der Waals surface area (Å²) in [5.74, 6) is -0.185. The van der Waals surface area contributed by atoms with Crippen LogP contribution in [-0.4, -0.2) is 11.1 Å². The largest absolute Gasteiger partial charge is 0.478 e. The van der Waals surface area contributed by atoms with Crippen LogP contribution >= 0.6 is 0 Å². The summed E-state index contributed by atoms with van der Waals surface area (Å²) in [6, 6.07) is 0. The number of carboxylic acids is 1. The normalized spacial score (nSPS) is 13.1. The van der Waals surface area contributed by atoms with Crippen molar-refractivity contribution in [1.82, 2.24) is 0 Å². The van der Waals surface area contributed by atoms with E-state index in [1.807, 2.05) is 6.08 Å². The molecule has 0 radical (unpaired) electrons. The van der Waals surface area contributed by atoms with Gasteiger partial charge in [-0.15, -0.1) is 0 Å². The van der Waals surface area contributed by atoms with Crippen molar-refractivity contribution in [3.05, 3.63) is 11.6 Å². The first-order valence-electron chi connectivity index (χ1n) is 11.5. The third-order valence-electron chi connectivity index (χ3n) is 5.46. The first kappa shape index (κ1) is 25.2. The lowest BCUT2D eigenvalue weighted by atomic mass is 9.97.